The molecule has 302 valence electrons. The molecule has 0 bridgehead atoms. The van der Waals surface area contributed by atoms with Crippen LogP contribution in [0.4, 0.5) is 0 Å². The SMILES string of the molecule is CN[C@@H](CCCCNC(=O)CC[C@H](NC(=O)CCOCCOCCOCCOCCNC(=O)CCCCCCCCCCC(=O)O)C(=O)O)C(=O)O. The Morgan fingerprint density at radius 3 is 1.48 bits per heavy atom. The number of ether oxygens (including phenoxy) is 4. The van der Waals surface area contributed by atoms with E-state index in [1.165, 1.54) is 0 Å². The number of hydrogen-bond donors (Lipinski definition) is 7. The van der Waals surface area contributed by atoms with Crippen LogP contribution in [-0.4, -0.2) is 136 Å². The summed E-state index contributed by atoms with van der Waals surface area (Å²) in [5.74, 6) is -3.75. The largest absolute Gasteiger partial charge is 0.481 e. The first-order chi connectivity index (χ1) is 25.1. The quantitative estimate of drug-likeness (QED) is 0.0446. The molecule has 0 saturated heterocycles. The van der Waals surface area contributed by atoms with Gasteiger partial charge in [-0.3, -0.25) is 24.0 Å². The van der Waals surface area contributed by atoms with E-state index in [0.717, 1.165) is 51.4 Å². The minimum atomic E-state index is -1.24. The summed E-state index contributed by atoms with van der Waals surface area (Å²) in [4.78, 5) is 69.0. The van der Waals surface area contributed by atoms with Gasteiger partial charge in [0.25, 0.3) is 0 Å². The summed E-state index contributed by atoms with van der Waals surface area (Å²) in [7, 11) is 1.57. The summed E-state index contributed by atoms with van der Waals surface area (Å²) in [5.41, 5.74) is 0. The van der Waals surface area contributed by atoms with Crippen LogP contribution in [0.1, 0.15) is 103 Å². The Morgan fingerprint density at radius 1 is 0.462 bits per heavy atom. The van der Waals surface area contributed by atoms with E-state index in [9.17, 15) is 33.9 Å². The van der Waals surface area contributed by atoms with Crippen LogP contribution in [0.15, 0.2) is 0 Å². The van der Waals surface area contributed by atoms with E-state index in [-0.39, 0.29) is 50.7 Å². The van der Waals surface area contributed by atoms with E-state index in [2.05, 4.69) is 21.3 Å². The first kappa shape index (κ1) is 48.6. The Kier molecular flexibility index (Phi) is 32.4. The van der Waals surface area contributed by atoms with Crippen molar-refractivity contribution in [2.75, 3.05) is 73.0 Å². The second-order valence-corrected chi connectivity index (χ2v) is 12.3. The Labute approximate surface area is 307 Å². The van der Waals surface area contributed by atoms with Gasteiger partial charge in [-0.1, -0.05) is 38.5 Å². The van der Waals surface area contributed by atoms with E-state index in [1.807, 2.05) is 0 Å². The number of hydrogen-bond acceptors (Lipinski definition) is 11. The fourth-order valence-electron chi connectivity index (χ4n) is 4.88. The summed E-state index contributed by atoms with van der Waals surface area (Å²) >= 11 is 0. The van der Waals surface area contributed by atoms with Gasteiger partial charge in [0, 0.05) is 38.8 Å². The molecule has 17 heteroatoms. The lowest BCUT2D eigenvalue weighted by molar-refractivity contribution is -0.142. The summed E-state index contributed by atoms with van der Waals surface area (Å²) in [6.45, 7) is 3.29. The van der Waals surface area contributed by atoms with Crippen molar-refractivity contribution < 1.29 is 63.0 Å². The highest BCUT2D eigenvalue weighted by molar-refractivity contribution is 5.84. The van der Waals surface area contributed by atoms with Crippen molar-refractivity contribution in [3.05, 3.63) is 0 Å². The van der Waals surface area contributed by atoms with E-state index in [4.69, 9.17) is 29.2 Å². The Morgan fingerprint density at radius 2 is 0.942 bits per heavy atom. The molecule has 0 aromatic carbocycles. The number of carboxylic acids is 3. The number of carbonyl (C=O) groups excluding carboxylic acids is 3. The number of carboxylic acid groups (broad SMARTS) is 3. The Balaban J connectivity index is 3.59. The molecule has 7 N–H and O–H groups in total. The Bertz CT molecular complexity index is 986. The third kappa shape index (κ3) is 32.5. The molecular weight excluding hydrogens is 684 g/mol. The molecule has 0 aromatic rings. The van der Waals surface area contributed by atoms with Crippen molar-refractivity contribution in [3.63, 3.8) is 0 Å². The summed E-state index contributed by atoms with van der Waals surface area (Å²) in [6, 6.07) is -1.85. The molecule has 17 nitrogen and oxygen atoms in total. The number of carbonyl (C=O) groups is 6. The predicted octanol–water partition coefficient (Wildman–Crippen LogP) is 1.85. The zero-order valence-electron chi connectivity index (χ0n) is 31.0. The van der Waals surface area contributed by atoms with Crippen LogP contribution in [0.3, 0.4) is 0 Å². The molecule has 52 heavy (non-hydrogen) atoms. The average Bonchev–Trinajstić information content (AvgIpc) is 3.10. The summed E-state index contributed by atoms with van der Waals surface area (Å²) in [6.07, 6.45) is 10.1. The molecule has 0 heterocycles. The minimum absolute atomic E-state index is 0.0170. The van der Waals surface area contributed by atoms with Gasteiger partial charge in [0.15, 0.2) is 0 Å². The zero-order valence-corrected chi connectivity index (χ0v) is 31.0. The van der Waals surface area contributed by atoms with Crippen molar-refractivity contribution in [2.24, 2.45) is 0 Å². The van der Waals surface area contributed by atoms with Crippen molar-refractivity contribution in [2.45, 2.75) is 115 Å². The van der Waals surface area contributed by atoms with Gasteiger partial charge in [0.05, 0.1) is 52.9 Å². The van der Waals surface area contributed by atoms with Crippen LogP contribution < -0.4 is 21.3 Å². The van der Waals surface area contributed by atoms with Crippen LogP contribution in [0.25, 0.3) is 0 Å². The number of nitrogens with one attached hydrogen (secondary N) is 4. The van der Waals surface area contributed by atoms with Crippen LogP contribution in [0.5, 0.6) is 0 Å². The van der Waals surface area contributed by atoms with Gasteiger partial charge in [-0.2, -0.15) is 0 Å². The van der Waals surface area contributed by atoms with Crippen LogP contribution in [-0.2, 0) is 47.7 Å². The van der Waals surface area contributed by atoms with Crippen molar-refractivity contribution in [3.8, 4) is 0 Å². The van der Waals surface area contributed by atoms with Crippen LogP contribution in [0, 0.1) is 0 Å². The molecule has 3 amide bonds. The summed E-state index contributed by atoms with van der Waals surface area (Å²) < 4.78 is 21.7. The second kappa shape index (κ2) is 34.7. The fourth-order valence-corrected chi connectivity index (χ4v) is 4.88. The van der Waals surface area contributed by atoms with Gasteiger partial charge in [-0.15, -0.1) is 0 Å². The first-order valence-electron chi connectivity index (χ1n) is 18.5. The van der Waals surface area contributed by atoms with E-state index < -0.39 is 35.9 Å². The Hall–Kier alpha value is -3.38. The summed E-state index contributed by atoms with van der Waals surface area (Å²) in [5, 5.41) is 37.6. The highest BCUT2D eigenvalue weighted by atomic mass is 16.6. The lowest BCUT2D eigenvalue weighted by Crippen LogP contribution is -2.42. The molecule has 0 aliphatic rings. The maximum atomic E-state index is 12.1. The molecule has 0 aliphatic carbocycles. The maximum absolute atomic E-state index is 12.1. The van der Waals surface area contributed by atoms with Crippen molar-refractivity contribution >= 4 is 35.6 Å². The molecule has 0 spiro atoms. The molecule has 0 aliphatic heterocycles. The number of amides is 3. The number of likely N-dealkylation sites (N-methyl/N-ethyl adjacent to an activating group) is 1. The highest BCUT2D eigenvalue weighted by Crippen LogP contribution is 2.10. The minimum Gasteiger partial charge on any atom is -0.481 e. The third-order valence-electron chi connectivity index (χ3n) is 7.88. The molecule has 0 radical (unpaired) electrons. The molecule has 0 fully saturated rings. The number of rotatable bonds is 38. The normalized spacial score (nSPS) is 12.2. The topological polar surface area (TPSA) is 248 Å². The van der Waals surface area contributed by atoms with Gasteiger partial charge in [0.2, 0.25) is 17.7 Å². The first-order valence-corrected chi connectivity index (χ1v) is 18.5. The van der Waals surface area contributed by atoms with Gasteiger partial charge >= 0.3 is 17.9 Å². The highest BCUT2D eigenvalue weighted by Gasteiger charge is 2.21. The van der Waals surface area contributed by atoms with E-state index in [1.54, 1.807) is 7.05 Å². The fraction of sp³-hybridized carbons (Fsp3) is 0.829. The zero-order chi connectivity index (χ0) is 38.7. The van der Waals surface area contributed by atoms with E-state index >= 15 is 0 Å². The molecule has 0 aromatic heterocycles. The third-order valence-corrected chi connectivity index (χ3v) is 7.88. The lowest BCUT2D eigenvalue weighted by Gasteiger charge is -2.15. The van der Waals surface area contributed by atoms with Crippen molar-refractivity contribution in [1.82, 2.24) is 21.3 Å². The molecule has 0 rings (SSSR count). The predicted molar refractivity (Wildman–Crippen MR) is 191 cm³/mol. The van der Waals surface area contributed by atoms with Gasteiger partial charge in [0.1, 0.15) is 12.1 Å². The lowest BCUT2D eigenvalue weighted by atomic mass is 10.1. The monoisotopic (exact) mass is 748 g/mol. The van der Waals surface area contributed by atoms with E-state index in [0.29, 0.717) is 78.4 Å². The smallest absolute Gasteiger partial charge is 0.326 e. The molecule has 0 unspecified atom stereocenters. The molecule has 0 saturated carbocycles. The van der Waals surface area contributed by atoms with Crippen molar-refractivity contribution in [1.29, 1.82) is 0 Å². The standard InChI is InChI=1S/C35H64N4O13/c1-36-28(34(45)46)12-10-11-18-37-31(41)16-15-29(35(47)48)39-32(42)17-20-49-22-24-51-26-27-52-25-23-50-21-19-38-30(40)13-8-6-4-2-3-5-7-9-14-33(43)44/h28-29,36H,2-27H2,1H3,(H,37,41)(H,38,40)(H,39,42)(H,43,44)(H,45,46)(H,47,48)/t28-,29-/m0/s1. The number of aliphatic carboxylic acids is 3. The van der Waals surface area contributed by atoms with Gasteiger partial charge < -0.3 is 55.5 Å². The number of unbranched alkanes of at least 4 members (excludes halogenated alkanes) is 8. The van der Waals surface area contributed by atoms with Gasteiger partial charge in [-0.05, 0) is 45.6 Å². The molecular formula is C35H64N4O13. The maximum Gasteiger partial charge on any atom is 0.326 e. The second-order valence-electron chi connectivity index (χ2n) is 12.3. The van der Waals surface area contributed by atoms with Gasteiger partial charge in [-0.25, -0.2) is 4.79 Å². The average molecular weight is 749 g/mol. The van der Waals surface area contributed by atoms with Crippen LogP contribution >= 0.6 is 0 Å². The molecule has 2 atom stereocenters. The van der Waals surface area contributed by atoms with Crippen LogP contribution in [0.2, 0.25) is 0 Å².